The van der Waals surface area contributed by atoms with Gasteiger partial charge in [0.1, 0.15) is 0 Å². The van der Waals surface area contributed by atoms with Crippen molar-refractivity contribution < 1.29 is 18.0 Å². The number of nitrogens with one attached hydrogen (secondary N) is 1. The third-order valence-electron chi connectivity index (χ3n) is 3.29. The van der Waals surface area contributed by atoms with Crippen LogP contribution < -0.4 is 5.32 Å². The predicted molar refractivity (Wildman–Crippen MR) is 79.4 cm³/mol. The molecule has 0 saturated carbocycles. The van der Waals surface area contributed by atoms with Gasteiger partial charge in [-0.2, -0.15) is 13.2 Å². The monoisotopic (exact) mass is 323 g/mol. The topological polar surface area (TPSA) is 29.1 Å². The van der Waals surface area contributed by atoms with Crippen LogP contribution in [0.5, 0.6) is 0 Å². The summed E-state index contributed by atoms with van der Waals surface area (Å²) in [5.41, 5.74) is 1.04. The first kappa shape index (κ1) is 14.7. The lowest BCUT2D eigenvalue weighted by atomic mass is 10.0. The fraction of sp³-hybridized carbons (Fsp3) is 0.0625. The molecule has 0 spiro atoms. The third kappa shape index (κ3) is 2.72. The molecular formula is C16H9ClF3NO. The zero-order chi connectivity index (χ0) is 15.9. The highest BCUT2D eigenvalue weighted by Gasteiger charge is 2.30. The van der Waals surface area contributed by atoms with Gasteiger partial charge in [0.05, 0.1) is 11.3 Å². The minimum atomic E-state index is -4.42. The molecule has 0 fully saturated rings. The highest BCUT2D eigenvalue weighted by Crippen LogP contribution is 2.35. The molecule has 6 heteroatoms. The summed E-state index contributed by atoms with van der Waals surface area (Å²) in [6, 6.07) is 9.71. The summed E-state index contributed by atoms with van der Waals surface area (Å²) >= 11 is 5.85. The Morgan fingerprint density at radius 3 is 2.59 bits per heavy atom. The Morgan fingerprint density at radius 1 is 1.09 bits per heavy atom. The largest absolute Gasteiger partial charge is 0.416 e. The molecule has 2 aromatic rings. The molecule has 0 atom stereocenters. The van der Waals surface area contributed by atoms with Crippen molar-refractivity contribution in [2.75, 3.05) is 5.32 Å². The normalized spacial score (nSPS) is 15.8. The van der Waals surface area contributed by atoms with E-state index < -0.39 is 11.7 Å². The molecule has 1 amide bonds. The average molecular weight is 324 g/mol. The van der Waals surface area contributed by atoms with E-state index in [0.717, 1.165) is 12.1 Å². The lowest BCUT2D eigenvalue weighted by Gasteiger charge is -2.07. The van der Waals surface area contributed by atoms with Gasteiger partial charge >= 0.3 is 6.18 Å². The van der Waals surface area contributed by atoms with E-state index in [0.29, 0.717) is 27.4 Å². The number of carbonyl (C=O) groups is 1. The number of fused-ring (bicyclic) bond motifs is 1. The molecule has 3 rings (SSSR count). The van der Waals surface area contributed by atoms with E-state index in [4.69, 9.17) is 11.6 Å². The van der Waals surface area contributed by atoms with Gasteiger partial charge in [-0.1, -0.05) is 29.8 Å². The van der Waals surface area contributed by atoms with Crippen LogP contribution in [0.2, 0.25) is 5.02 Å². The number of carbonyl (C=O) groups excluding carboxylic acids is 1. The van der Waals surface area contributed by atoms with Gasteiger partial charge in [0.2, 0.25) is 0 Å². The van der Waals surface area contributed by atoms with Gasteiger partial charge in [-0.3, -0.25) is 4.79 Å². The van der Waals surface area contributed by atoms with E-state index in [1.54, 1.807) is 18.2 Å². The Morgan fingerprint density at radius 2 is 1.86 bits per heavy atom. The third-order valence-corrected chi connectivity index (χ3v) is 3.52. The number of anilines is 1. The smallest absolute Gasteiger partial charge is 0.321 e. The highest BCUT2D eigenvalue weighted by molar-refractivity contribution is 6.36. The van der Waals surface area contributed by atoms with Gasteiger partial charge in [0.25, 0.3) is 5.91 Å². The van der Waals surface area contributed by atoms with Gasteiger partial charge < -0.3 is 5.32 Å². The van der Waals surface area contributed by atoms with Crippen LogP contribution in [0.25, 0.3) is 11.6 Å². The van der Waals surface area contributed by atoms with Crippen molar-refractivity contribution in [3.8, 4) is 0 Å². The van der Waals surface area contributed by atoms with Crippen molar-refractivity contribution >= 4 is 34.8 Å². The van der Waals surface area contributed by atoms with Crippen LogP contribution in [-0.2, 0) is 11.0 Å². The first-order valence-electron chi connectivity index (χ1n) is 6.35. The van der Waals surface area contributed by atoms with Crippen molar-refractivity contribution in [1.29, 1.82) is 0 Å². The first-order valence-corrected chi connectivity index (χ1v) is 6.72. The van der Waals surface area contributed by atoms with Crippen molar-refractivity contribution in [1.82, 2.24) is 0 Å². The molecule has 1 heterocycles. The molecule has 0 radical (unpaired) electrons. The van der Waals surface area contributed by atoms with Gasteiger partial charge in [0, 0.05) is 16.2 Å². The minimum absolute atomic E-state index is 0.308. The number of halogens is 4. The van der Waals surface area contributed by atoms with Crippen LogP contribution in [0.15, 0.2) is 42.5 Å². The van der Waals surface area contributed by atoms with E-state index >= 15 is 0 Å². The van der Waals surface area contributed by atoms with Gasteiger partial charge in [-0.25, -0.2) is 0 Å². The molecule has 0 aliphatic carbocycles. The Kier molecular flexibility index (Phi) is 3.45. The maximum Gasteiger partial charge on any atom is 0.416 e. The van der Waals surface area contributed by atoms with Crippen LogP contribution >= 0.6 is 11.6 Å². The summed E-state index contributed by atoms with van der Waals surface area (Å²) in [6.45, 7) is 0. The average Bonchev–Trinajstić information content (AvgIpc) is 2.74. The predicted octanol–water partition coefficient (Wildman–Crippen LogP) is 4.85. The summed E-state index contributed by atoms with van der Waals surface area (Å²) in [7, 11) is 0. The molecule has 1 aliphatic heterocycles. The van der Waals surface area contributed by atoms with Crippen molar-refractivity contribution in [3.05, 3.63) is 64.2 Å². The molecular weight excluding hydrogens is 315 g/mol. The number of alkyl halides is 3. The van der Waals surface area contributed by atoms with E-state index in [9.17, 15) is 18.0 Å². The Labute approximate surface area is 129 Å². The van der Waals surface area contributed by atoms with E-state index in [1.165, 1.54) is 18.2 Å². The summed E-state index contributed by atoms with van der Waals surface area (Å²) in [5, 5.41) is 3.11. The number of rotatable bonds is 1. The molecule has 112 valence electrons. The summed E-state index contributed by atoms with van der Waals surface area (Å²) in [6.07, 6.45) is -2.98. The van der Waals surface area contributed by atoms with Crippen LogP contribution in [-0.4, -0.2) is 5.91 Å². The number of benzene rings is 2. The molecule has 2 aromatic carbocycles. The van der Waals surface area contributed by atoms with Gasteiger partial charge in [0.15, 0.2) is 0 Å². The maximum atomic E-state index is 12.7. The van der Waals surface area contributed by atoms with E-state index in [2.05, 4.69) is 5.32 Å². The lowest BCUT2D eigenvalue weighted by Crippen LogP contribution is -2.05. The lowest BCUT2D eigenvalue weighted by molar-refractivity contribution is -0.137. The van der Waals surface area contributed by atoms with Gasteiger partial charge in [-0.05, 0) is 35.9 Å². The maximum absolute atomic E-state index is 12.7. The van der Waals surface area contributed by atoms with Crippen molar-refractivity contribution in [3.63, 3.8) is 0 Å². The minimum Gasteiger partial charge on any atom is -0.321 e. The van der Waals surface area contributed by atoms with Gasteiger partial charge in [-0.15, -0.1) is 0 Å². The Bertz CT molecular complexity index is 796. The van der Waals surface area contributed by atoms with Crippen LogP contribution in [0, 0.1) is 0 Å². The molecule has 0 aromatic heterocycles. The van der Waals surface area contributed by atoms with Crippen LogP contribution in [0.4, 0.5) is 18.9 Å². The second kappa shape index (κ2) is 5.18. The molecule has 1 N–H and O–H groups in total. The summed E-state index contributed by atoms with van der Waals surface area (Å²) in [5.74, 6) is -0.366. The van der Waals surface area contributed by atoms with Crippen molar-refractivity contribution in [2.45, 2.75) is 6.18 Å². The number of hydrogen-bond acceptors (Lipinski definition) is 1. The van der Waals surface area contributed by atoms with Crippen LogP contribution in [0.3, 0.4) is 0 Å². The zero-order valence-electron chi connectivity index (χ0n) is 11.0. The molecule has 0 saturated heterocycles. The molecule has 22 heavy (non-hydrogen) atoms. The van der Waals surface area contributed by atoms with Crippen molar-refractivity contribution in [2.24, 2.45) is 0 Å². The van der Waals surface area contributed by atoms with E-state index in [-0.39, 0.29) is 5.91 Å². The second-order valence-corrected chi connectivity index (χ2v) is 5.26. The summed E-state index contributed by atoms with van der Waals surface area (Å²) in [4.78, 5) is 12.0. The SMILES string of the molecule is O=C1Nc2cc(Cl)ccc2/C1=C/c1cccc(C(F)(F)F)c1. The molecule has 2 nitrogen and oxygen atoms in total. The number of amides is 1. The quantitative estimate of drug-likeness (QED) is 0.747. The summed E-state index contributed by atoms with van der Waals surface area (Å²) < 4.78 is 38.2. The molecule has 1 aliphatic rings. The standard InChI is InChI=1S/C16H9ClF3NO/c17-11-4-5-12-13(15(22)21-14(12)8-11)7-9-2-1-3-10(6-9)16(18,19)20/h1-8H,(H,21,22)/b13-7-. The Hall–Kier alpha value is -2.27. The highest BCUT2D eigenvalue weighted by atomic mass is 35.5. The Balaban J connectivity index is 2.05. The second-order valence-electron chi connectivity index (χ2n) is 4.83. The first-order chi connectivity index (χ1) is 10.3. The molecule has 0 bridgehead atoms. The zero-order valence-corrected chi connectivity index (χ0v) is 11.8. The fourth-order valence-corrected chi connectivity index (χ4v) is 2.45. The van der Waals surface area contributed by atoms with E-state index in [1.807, 2.05) is 0 Å². The fourth-order valence-electron chi connectivity index (χ4n) is 2.28. The van der Waals surface area contributed by atoms with Crippen LogP contribution in [0.1, 0.15) is 16.7 Å². The molecule has 0 unspecified atom stereocenters. The number of hydrogen-bond donors (Lipinski definition) is 1.